The first-order chi connectivity index (χ1) is 7.97. The van der Waals surface area contributed by atoms with Crippen LogP contribution in [0.4, 0.5) is 0 Å². The van der Waals surface area contributed by atoms with E-state index in [4.69, 9.17) is 16.3 Å². The van der Waals surface area contributed by atoms with Crippen LogP contribution in [0.25, 0.3) is 0 Å². The minimum absolute atomic E-state index is 0.0231. The summed E-state index contributed by atoms with van der Waals surface area (Å²) in [7, 11) is -3.65. The first-order valence-electron chi connectivity index (χ1n) is 5.17. The minimum atomic E-state index is -3.65. The van der Waals surface area contributed by atoms with E-state index in [0.29, 0.717) is 13.2 Å². The van der Waals surface area contributed by atoms with E-state index in [1.165, 1.54) is 18.5 Å². The largest absolute Gasteiger partial charge is 0.380 e. The fourth-order valence-corrected chi connectivity index (χ4v) is 2.88. The van der Waals surface area contributed by atoms with E-state index in [9.17, 15) is 8.42 Å². The molecule has 1 heterocycles. The van der Waals surface area contributed by atoms with Crippen LogP contribution in [0.2, 0.25) is 5.02 Å². The van der Waals surface area contributed by atoms with E-state index in [1.54, 1.807) is 6.92 Å². The highest BCUT2D eigenvalue weighted by atomic mass is 35.5. The Bertz CT molecular complexity index is 464. The Hall–Kier alpha value is -0.690. The van der Waals surface area contributed by atoms with E-state index in [0.717, 1.165) is 0 Å². The van der Waals surface area contributed by atoms with Gasteiger partial charge in [-0.25, -0.2) is 13.1 Å². The molecule has 17 heavy (non-hydrogen) atoms. The second-order valence-corrected chi connectivity index (χ2v) is 5.58. The molecule has 7 heteroatoms. The molecule has 1 atom stereocenters. The van der Waals surface area contributed by atoms with E-state index in [1.807, 2.05) is 6.92 Å². The summed E-state index contributed by atoms with van der Waals surface area (Å²) in [4.78, 5) is 3.72. The fraction of sp³-hybridized carbons (Fsp3) is 0.500. The van der Waals surface area contributed by atoms with Gasteiger partial charge in [-0.05, 0) is 19.9 Å². The number of pyridine rings is 1. The molecule has 5 nitrogen and oxygen atoms in total. The third-order valence-electron chi connectivity index (χ3n) is 1.95. The third kappa shape index (κ3) is 4.23. The minimum Gasteiger partial charge on any atom is -0.380 e. The Kier molecular flexibility index (Phi) is 5.32. The molecule has 0 bridgehead atoms. The molecule has 1 rings (SSSR count). The third-order valence-corrected chi connectivity index (χ3v) is 4.01. The number of aromatic nitrogens is 1. The molecular weight excluding hydrogens is 264 g/mol. The van der Waals surface area contributed by atoms with Gasteiger partial charge < -0.3 is 4.74 Å². The SMILES string of the molecule is CCOCC(C)NS(=O)(=O)c1cnccc1Cl. The van der Waals surface area contributed by atoms with Gasteiger partial charge in [-0.2, -0.15) is 0 Å². The number of halogens is 1. The molecule has 0 amide bonds. The van der Waals surface area contributed by atoms with Gasteiger partial charge in [0.15, 0.2) is 0 Å². The molecule has 1 N–H and O–H groups in total. The highest BCUT2D eigenvalue weighted by molar-refractivity contribution is 7.89. The second-order valence-electron chi connectivity index (χ2n) is 3.49. The van der Waals surface area contributed by atoms with Crippen LogP contribution in [0, 0.1) is 0 Å². The van der Waals surface area contributed by atoms with Crippen LogP contribution in [-0.2, 0) is 14.8 Å². The molecule has 0 aliphatic carbocycles. The van der Waals surface area contributed by atoms with Gasteiger partial charge in [0.2, 0.25) is 10.0 Å². The molecule has 0 fully saturated rings. The molecule has 1 aromatic heterocycles. The van der Waals surface area contributed by atoms with Crippen LogP contribution in [0.15, 0.2) is 23.4 Å². The molecule has 0 aliphatic heterocycles. The van der Waals surface area contributed by atoms with Gasteiger partial charge in [-0.1, -0.05) is 11.6 Å². The summed E-state index contributed by atoms with van der Waals surface area (Å²) in [6, 6.07) is 1.11. The topological polar surface area (TPSA) is 68.3 Å². The van der Waals surface area contributed by atoms with Gasteiger partial charge in [-0.3, -0.25) is 4.98 Å². The van der Waals surface area contributed by atoms with Crippen molar-refractivity contribution in [1.29, 1.82) is 0 Å². The summed E-state index contributed by atoms with van der Waals surface area (Å²) < 4.78 is 31.5. The maximum atomic E-state index is 11.9. The number of nitrogens with one attached hydrogen (secondary N) is 1. The van der Waals surface area contributed by atoms with E-state index in [-0.39, 0.29) is 16.0 Å². The normalized spacial score (nSPS) is 13.6. The van der Waals surface area contributed by atoms with Crippen LogP contribution in [0.3, 0.4) is 0 Å². The van der Waals surface area contributed by atoms with Crippen molar-refractivity contribution in [2.45, 2.75) is 24.8 Å². The smallest absolute Gasteiger partial charge is 0.243 e. The van der Waals surface area contributed by atoms with Crippen LogP contribution in [0.1, 0.15) is 13.8 Å². The van der Waals surface area contributed by atoms with Crippen molar-refractivity contribution in [1.82, 2.24) is 9.71 Å². The van der Waals surface area contributed by atoms with Crippen molar-refractivity contribution in [2.24, 2.45) is 0 Å². The number of ether oxygens (including phenoxy) is 1. The van der Waals surface area contributed by atoms with E-state index in [2.05, 4.69) is 9.71 Å². The number of hydrogen-bond acceptors (Lipinski definition) is 4. The maximum absolute atomic E-state index is 11.9. The van der Waals surface area contributed by atoms with Crippen LogP contribution < -0.4 is 4.72 Å². The lowest BCUT2D eigenvalue weighted by atomic mass is 10.4. The lowest BCUT2D eigenvalue weighted by Gasteiger charge is -2.14. The fourth-order valence-electron chi connectivity index (χ4n) is 1.22. The monoisotopic (exact) mass is 278 g/mol. The summed E-state index contributed by atoms with van der Waals surface area (Å²) >= 11 is 5.81. The first kappa shape index (κ1) is 14.4. The molecule has 0 aliphatic rings. The molecular formula is C10H15ClN2O3S. The lowest BCUT2D eigenvalue weighted by Crippen LogP contribution is -2.36. The Morgan fingerprint density at radius 1 is 1.59 bits per heavy atom. The van der Waals surface area contributed by atoms with Gasteiger partial charge in [0, 0.05) is 25.0 Å². The van der Waals surface area contributed by atoms with Gasteiger partial charge in [0.05, 0.1) is 11.6 Å². The van der Waals surface area contributed by atoms with E-state index < -0.39 is 10.0 Å². The second kappa shape index (κ2) is 6.30. The van der Waals surface area contributed by atoms with Crippen molar-refractivity contribution in [3.05, 3.63) is 23.5 Å². The quantitative estimate of drug-likeness (QED) is 0.855. The van der Waals surface area contributed by atoms with E-state index >= 15 is 0 Å². The zero-order valence-electron chi connectivity index (χ0n) is 9.68. The molecule has 0 radical (unpaired) electrons. The Balaban J connectivity index is 2.79. The molecule has 0 saturated heterocycles. The number of sulfonamides is 1. The predicted octanol–water partition coefficient (Wildman–Crippen LogP) is 1.44. The average Bonchev–Trinajstić information content (AvgIpc) is 2.26. The van der Waals surface area contributed by atoms with Gasteiger partial charge >= 0.3 is 0 Å². The molecule has 1 unspecified atom stereocenters. The lowest BCUT2D eigenvalue weighted by molar-refractivity contribution is 0.133. The summed E-state index contributed by atoms with van der Waals surface area (Å²) in [5, 5.41) is 0.149. The van der Waals surface area contributed by atoms with Crippen LogP contribution in [-0.4, -0.2) is 32.7 Å². The number of hydrogen-bond donors (Lipinski definition) is 1. The summed E-state index contributed by atoms with van der Waals surface area (Å²) in [6.07, 6.45) is 2.66. The Labute approximate surface area is 106 Å². The summed E-state index contributed by atoms with van der Waals surface area (Å²) in [5.41, 5.74) is 0. The van der Waals surface area contributed by atoms with Crippen molar-refractivity contribution in [3.8, 4) is 0 Å². The van der Waals surface area contributed by atoms with Crippen LogP contribution >= 0.6 is 11.6 Å². The maximum Gasteiger partial charge on any atom is 0.243 e. The Morgan fingerprint density at radius 2 is 2.29 bits per heavy atom. The van der Waals surface area contributed by atoms with Gasteiger partial charge in [0.1, 0.15) is 4.90 Å². The molecule has 0 aromatic carbocycles. The van der Waals surface area contributed by atoms with Crippen LogP contribution in [0.5, 0.6) is 0 Å². The molecule has 0 spiro atoms. The molecule has 0 saturated carbocycles. The first-order valence-corrected chi connectivity index (χ1v) is 7.03. The van der Waals surface area contributed by atoms with Crippen molar-refractivity contribution < 1.29 is 13.2 Å². The van der Waals surface area contributed by atoms with Gasteiger partial charge in [-0.15, -0.1) is 0 Å². The zero-order valence-corrected chi connectivity index (χ0v) is 11.3. The van der Waals surface area contributed by atoms with Crippen molar-refractivity contribution in [2.75, 3.05) is 13.2 Å². The average molecular weight is 279 g/mol. The summed E-state index contributed by atoms with van der Waals surface area (Å²) in [6.45, 7) is 4.42. The predicted molar refractivity (Wildman–Crippen MR) is 65.5 cm³/mol. The summed E-state index contributed by atoms with van der Waals surface area (Å²) in [5.74, 6) is 0. The van der Waals surface area contributed by atoms with Crippen molar-refractivity contribution >= 4 is 21.6 Å². The highest BCUT2D eigenvalue weighted by Crippen LogP contribution is 2.19. The number of nitrogens with zero attached hydrogens (tertiary/aromatic N) is 1. The Morgan fingerprint density at radius 3 is 2.88 bits per heavy atom. The molecule has 96 valence electrons. The number of rotatable bonds is 6. The van der Waals surface area contributed by atoms with Crippen molar-refractivity contribution in [3.63, 3.8) is 0 Å². The van der Waals surface area contributed by atoms with Gasteiger partial charge in [0.25, 0.3) is 0 Å². The standard InChI is InChI=1S/C10H15ClN2O3S/c1-3-16-7-8(2)13-17(14,15)10-6-12-5-4-9(10)11/h4-6,8,13H,3,7H2,1-2H3. The molecule has 1 aromatic rings. The zero-order chi connectivity index (χ0) is 12.9. The highest BCUT2D eigenvalue weighted by Gasteiger charge is 2.20.